The molecule has 7 heteroatoms. The van der Waals surface area contributed by atoms with Gasteiger partial charge in [0.05, 0.1) is 12.1 Å². The monoisotopic (exact) mass is 357 g/mol. The van der Waals surface area contributed by atoms with E-state index in [0.717, 1.165) is 18.7 Å². The molecule has 2 atom stereocenters. The van der Waals surface area contributed by atoms with Gasteiger partial charge in [-0.2, -0.15) is 4.98 Å². The third-order valence-corrected chi connectivity index (χ3v) is 5.01. The molecule has 0 saturated carbocycles. The third-order valence-electron chi connectivity index (χ3n) is 5.01. The van der Waals surface area contributed by atoms with Gasteiger partial charge in [0, 0.05) is 31.7 Å². The lowest BCUT2D eigenvalue weighted by Gasteiger charge is -2.38. The Morgan fingerprint density at radius 2 is 1.77 bits per heavy atom. The predicted octanol–water partition coefficient (Wildman–Crippen LogP) is 1.93. The van der Waals surface area contributed by atoms with Crippen LogP contribution < -0.4 is 5.73 Å². The summed E-state index contributed by atoms with van der Waals surface area (Å²) in [5.41, 5.74) is 6.93. The van der Waals surface area contributed by atoms with E-state index in [2.05, 4.69) is 22.0 Å². The molecule has 0 bridgehead atoms. The van der Waals surface area contributed by atoms with Crippen molar-refractivity contribution in [1.29, 1.82) is 0 Å². The van der Waals surface area contributed by atoms with Gasteiger partial charge < -0.3 is 15.2 Å². The highest BCUT2D eigenvalue weighted by molar-refractivity contribution is 5.82. The van der Waals surface area contributed by atoms with Crippen LogP contribution in [0.4, 0.5) is 0 Å². The molecule has 1 amide bonds. The number of rotatable bonds is 5. The topological polar surface area (TPSA) is 88.5 Å². The molecule has 7 nitrogen and oxygen atoms in total. The summed E-state index contributed by atoms with van der Waals surface area (Å²) in [5.74, 6) is 1.39. The first-order valence-corrected chi connectivity index (χ1v) is 9.15. The zero-order valence-electron chi connectivity index (χ0n) is 15.6. The molecule has 1 aromatic carbocycles. The molecule has 1 aromatic heterocycles. The van der Waals surface area contributed by atoms with Gasteiger partial charge in [0.15, 0.2) is 0 Å². The molecular formula is C19H27N5O2. The van der Waals surface area contributed by atoms with E-state index in [1.807, 2.05) is 49.1 Å². The molecule has 1 fully saturated rings. The van der Waals surface area contributed by atoms with Gasteiger partial charge in [-0.25, -0.2) is 0 Å². The number of benzene rings is 1. The van der Waals surface area contributed by atoms with Gasteiger partial charge >= 0.3 is 0 Å². The lowest BCUT2D eigenvalue weighted by atomic mass is 10.0. The smallest absolute Gasteiger partial charge is 0.244 e. The highest BCUT2D eigenvalue weighted by atomic mass is 16.5. The number of piperazine rings is 1. The number of hydrogen-bond donors (Lipinski definition) is 1. The quantitative estimate of drug-likeness (QED) is 0.879. The fourth-order valence-corrected chi connectivity index (χ4v) is 3.09. The molecule has 0 spiro atoms. The number of carbonyl (C=O) groups excluding carboxylic acids is 1. The van der Waals surface area contributed by atoms with Crippen molar-refractivity contribution >= 4 is 5.91 Å². The Morgan fingerprint density at radius 3 is 2.38 bits per heavy atom. The van der Waals surface area contributed by atoms with Crippen molar-refractivity contribution in [3.05, 3.63) is 36.2 Å². The number of amides is 1. The molecule has 26 heavy (non-hydrogen) atoms. The highest BCUT2D eigenvalue weighted by Gasteiger charge is 2.30. The number of aromatic nitrogens is 2. The van der Waals surface area contributed by atoms with Gasteiger partial charge in [-0.05, 0) is 12.8 Å². The first-order chi connectivity index (χ1) is 12.5. The van der Waals surface area contributed by atoms with Gasteiger partial charge in [-0.15, -0.1) is 0 Å². The summed E-state index contributed by atoms with van der Waals surface area (Å²) in [5, 5.41) is 4.09. The summed E-state index contributed by atoms with van der Waals surface area (Å²) in [6.45, 7) is 8.87. The molecule has 1 unspecified atom stereocenters. The summed E-state index contributed by atoms with van der Waals surface area (Å²) in [6.07, 6.45) is 0. The van der Waals surface area contributed by atoms with Crippen LogP contribution in [0.1, 0.15) is 32.7 Å². The minimum absolute atomic E-state index is 0.0102. The molecule has 3 rings (SSSR count). The summed E-state index contributed by atoms with van der Waals surface area (Å²) < 4.78 is 5.47. The second-order valence-electron chi connectivity index (χ2n) is 7.13. The van der Waals surface area contributed by atoms with E-state index >= 15 is 0 Å². The van der Waals surface area contributed by atoms with Gasteiger partial charge in [0.25, 0.3) is 0 Å². The van der Waals surface area contributed by atoms with E-state index in [1.54, 1.807) is 0 Å². The van der Waals surface area contributed by atoms with Crippen molar-refractivity contribution in [3.63, 3.8) is 0 Å². The van der Waals surface area contributed by atoms with Crippen molar-refractivity contribution in [2.24, 2.45) is 11.7 Å². The van der Waals surface area contributed by atoms with Crippen LogP contribution in [-0.4, -0.2) is 58.1 Å². The second kappa shape index (κ2) is 7.97. The average Bonchev–Trinajstić information content (AvgIpc) is 3.17. The lowest BCUT2D eigenvalue weighted by molar-refractivity contribution is -0.135. The van der Waals surface area contributed by atoms with E-state index < -0.39 is 6.04 Å². The first kappa shape index (κ1) is 18.5. The molecule has 2 N–H and O–H groups in total. The van der Waals surface area contributed by atoms with Gasteiger partial charge in [-0.3, -0.25) is 9.69 Å². The minimum atomic E-state index is -0.427. The van der Waals surface area contributed by atoms with E-state index in [0.29, 0.717) is 24.8 Å². The maximum absolute atomic E-state index is 12.4. The van der Waals surface area contributed by atoms with E-state index in [1.165, 1.54) is 0 Å². The van der Waals surface area contributed by atoms with Crippen molar-refractivity contribution in [3.8, 4) is 11.4 Å². The molecule has 1 aliphatic heterocycles. The Balaban J connectivity index is 1.60. The predicted molar refractivity (Wildman–Crippen MR) is 99.1 cm³/mol. The van der Waals surface area contributed by atoms with Crippen molar-refractivity contribution in [2.45, 2.75) is 32.9 Å². The zero-order valence-corrected chi connectivity index (χ0v) is 15.6. The Kier molecular flexibility index (Phi) is 5.68. The maximum Gasteiger partial charge on any atom is 0.244 e. The molecule has 140 valence electrons. The van der Waals surface area contributed by atoms with Crippen molar-refractivity contribution in [2.75, 3.05) is 26.2 Å². The van der Waals surface area contributed by atoms with E-state index in [-0.39, 0.29) is 17.9 Å². The SMILES string of the molecule is CC(C)[C@H](N)C(=O)N1CCN(C(C)c2nc(-c3ccccc3)no2)CC1. The highest BCUT2D eigenvalue weighted by Crippen LogP contribution is 2.23. The zero-order chi connectivity index (χ0) is 18.7. The van der Waals surface area contributed by atoms with Crippen molar-refractivity contribution in [1.82, 2.24) is 19.9 Å². The Bertz CT molecular complexity index is 723. The number of hydrogen-bond acceptors (Lipinski definition) is 6. The Labute approximate surface area is 154 Å². The molecule has 0 aliphatic carbocycles. The first-order valence-electron chi connectivity index (χ1n) is 9.15. The van der Waals surface area contributed by atoms with Gasteiger partial charge in [-0.1, -0.05) is 49.3 Å². The van der Waals surface area contributed by atoms with Crippen LogP contribution in [0, 0.1) is 5.92 Å². The largest absolute Gasteiger partial charge is 0.339 e. The fourth-order valence-electron chi connectivity index (χ4n) is 3.09. The average molecular weight is 357 g/mol. The van der Waals surface area contributed by atoms with E-state index in [4.69, 9.17) is 10.3 Å². The molecule has 1 saturated heterocycles. The van der Waals surface area contributed by atoms with Crippen LogP contribution in [0.2, 0.25) is 0 Å². The number of carbonyl (C=O) groups is 1. The van der Waals surface area contributed by atoms with Crippen LogP contribution in [0.15, 0.2) is 34.9 Å². The molecule has 2 heterocycles. The van der Waals surface area contributed by atoms with Crippen molar-refractivity contribution < 1.29 is 9.32 Å². The van der Waals surface area contributed by atoms with Crippen LogP contribution in [0.3, 0.4) is 0 Å². The summed E-state index contributed by atoms with van der Waals surface area (Å²) in [4.78, 5) is 21.0. The van der Waals surface area contributed by atoms with Crippen LogP contribution in [0.5, 0.6) is 0 Å². The summed E-state index contributed by atoms with van der Waals surface area (Å²) in [6, 6.07) is 9.36. The van der Waals surface area contributed by atoms with Crippen LogP contribution >= 0.6 is 0 Å². The molecule has 0 radical (unpaired) electrons. The normalized spacial score (nSPS) is 18.1. The number of nitrogens with two attached hydrogens (primary N) is 1. The lowest BCUT2D eigenvalue weighted by Crippen LogP contribution is -2.54. The fraction of sp³-hybridized carbons (Fsp3) is 0.526. The molecule has 2 aromatic rings. The molecule has 1 aliphatic rings. The standard InChI is InChI=1S/C19H27N5O2/c1-13(2)16(20)19(25)24-11-9-23(10-12-24)14(3)18-21-17(22-26-18)15-7-5-4-6-8-15/h4-8,13-14,16H,9-12,20H2,1-3H3/t14?,16-/m0/s1. The number of nitrogens with zero attached hydrogens (tertiary/aromatic N) is 4. The minimum Gasteiger partial charge on any atom is -0.339 e. The summed E-state index contributed by atoms with van der Waals surface area (Å²) in [7, 11) is 0. The van der Waals surface area contributed by atoms with Gasteiger partial charge in [0.2, 0.25) is 17.6 Å². The van der Waals surface area contributed by atoms with Crippen LogP contribution in [-0.2, 0) is 4.79 Å². The van der Waals surface area contributed by atoms with Crippen LogP contribution in [0.25, 0.3) is 11.4 Å². The van der Waals surface area contributed by atoms with E-state index in [9.17, 15) is 4.79 Å². The Hall–Kier alpha value is -2.25. The second-order valence-corrected chi connectivity index (χ2v) is 7.13. The third kappa shape index (κ3) is 3.94. The van der Waals surface area contributed by atoms with Gasteiger partial charge in [0.1, 0.15) is 0 Å². The molecular weight excluding hydrogens is 330 g/mol. The summed E-state index contributed by atoms with van der Waals surface area (Å²) >= 11 is 0. The maximum atomic E-state index is 12.4. The Morgan fingerprint density at radius 1 is 1.12 bits per heavy atom.